The first-order chi connectivity index (χ1) is 19.6. The molecule has 0 saturated heterocycles. The van der Waals surface area contributed by atoms with Crippen LogP contribution >= 0.6 is 7.82 Å². The Hall–Kier alpha value is -4.35. The number of fused-ring (bicyclic) bond motifs is 1. The molecule has 12 nitrogen and oxygen atoms in total. The lowest BCUT2D eigenvalue weighted by Crippen LogP contribution is -2.15. The van der Waals surface area contributed by atoms with Crippen molar-refractivity contribution in [2.75, 3.05) is 14.2 Å². The van der Waals surface area contributed by atoms with Crippen molar-refractivity contribution in [2.24, 2.45) is 7.05 Å². The van der Waals surface area contributed by atoms with Gasteiger partial charge in [0.2, 0.25) is 0 Å². The molecule has 0 radical (unpaired) electrons. The number of phosphoric acid groups is 1. The number of aryl methyl sites for hydroxylation is 3. The summed E-state index contributed by atoms with van der Waals surface area (Å²) in [5.74, 6) is 0.220. The smallest absolute Gasteiger partial charge is 0.507 e. The number of hydrogen-bond donors (Lipinski definition) is 4. The van der Waals surface area contributed by atoms with Gasteiger partial charge in [0.05, 0.1) is 25.0 Å². The predicted molar refractivity (Wildman–Crippen MR) is 152 cm³/mol. The third-order valence-electron chi connectivity index (χ3n) is 6.77. The minimum absolute atomic E-state index is 0.123. The second-order valence-corrected chi connectivity index (χ2v) is 10.7. The van der Waals surface area contributed by atoms with Crippen molar-refractivity contribution in [2.45, 2.75) is 19.4 Å². The van der Waals surface area contributed by atoms with Crippen LogP contribution in [0, 0.1) is 0 Å². The lowest BCUT2D eigenvalue weighted by atomic mass is 9.99. The van der Waals surface area contributed by atoms with Crippen LogP contribution in [0.15, 0.2) is 65.6 Å². The third kappa shape index (κ3) is 5.91. The van der Waals surface area contributed by atoms with Gasteiger partial charge >= 0.3 is 13.5 Å². The summed E-state index contributed by atoms with van der Waals surface area (Å²) in [5.41, 5.74) is 3.32. The van der Waals surface area contributed by atoms with Gasteiger partial charge in [-0.05, 0) is 60.4 Å². The van der Waals surface area contributed by atoms with Crippen molar-refractivity contribution in [3.8, 4) is 34.3 Å². The van der Waals surface area contributed by atoms with Gasteiger partial charge in [0, 0.05) is 42.9 Å². The highest BCUT2D eigenvalue weighted by Crippen LogP contribution is 2.43. The van der Waals surface area contributed by atoms with Gasteiger partial charge in [-0.1, -0.05) is 12.1 Å². The van der Waals surface area contributed by atoms with E-state index in [9.17, 15) is 24.3 Å². The number of hydrogen-bond acceptors (Lipinski definition) is 7. The third-order valence-corrected chi connectivity index (χ3v) is 7.21. The highest BCUT2D eigenvalue weighted by molar-refractivity contribution is 7.46. The standard InChI is InChI=1S/C28H29N4O8P/c1-31-11-10-18-13-21(8-9-23(18)31)32-27(29-30-28(32)34)22-14-19(26(15-24(22)33)40-41(35,36)37)6-4-17-5-7-20(16-38-2)25(12-17)39-3/h5,7-15,33H,4,6,16H2,1-3H3,(H,30,34)(H2,35,36,37). The molecular formula is C28H29N4O8P. The summed E-state index contributed by atoms with van der Waals surface area (Å²) in [5, 5.41) is 18.4. The Morgan fingerprint density at radius 2 is 1.78 bits per heavy atom. The summed E-state index contributed by atoms with van der Waals surface area (Å²) in [6.07, 6.45) is 2.63. The van der Waals surface area contributed by atoms with E-state index in [-0.39, 0.29) is 29.3 Å². The summed E-state index contributed by atoms with van der Waals surface area (Å²) < 4.78 is 30.6. The average Bonchev–Trinajstić information content (AvgIpc) is 3.49. The van der Waals surface area contributed by atoms with Crippen molar-refractivity contribution in [3.63, 3.8) is 0 Å². The van der Waals surface area contributed by atoms with Crippen molar-refractivity contribution in [1.29, 1.82) is 0 Å². The number of phenols is 1. The number of aromatic amines is 1. The molecule has 13 heteroatoms. The Bertz CT molecular complexity index is 1830. The van der Waals surface area contributed by atoms with Crippen LogP contribution in [0.5, 0.6) is 17.2 Å². The van der Waals surface area contributed by atoms with Crippen LogP contribution in [-0.4, -0.2) is 48.4 Å². The van der Waals surface area contributed by atoms with Crippen LogP contribution < -0.4 is 15.0 Å². The molecule has 0 aliphatic carbocycles. The van der Waals surface area contributed by atoms with Crippen LogP contribution in [0.1, 0.15) is 16.7 Å². The number of nitrogens with one attached hydrogen (secondary N) is 1. The number of ether oxygens (including phenoxy) is 2. The minimum atomic E-state index is -4.94. The molecular weight excluding hydrogens is 551 g/mol. The van der Waals surface area contributed by atoms with Gasteiger partial charge in [0.15, 0.2) is 5.82 Å². The average molecular weight is 581 g/mol. The number of aromatic hydroxyl groups is 1. The number of H-pyrrole nitrogens is 1. The van der Waals surface area contributed by atoms with Crippen molar-refractivity contribution in [3.05, 3.63) is 88.0 Å². The van der Waals surface area contributed by atoms with E-state index in [0.717, 1.165) is 28.1 Å². The second-order valence-electron chi connectivity index (χ2n) is 9.50. The first kappa shape index (κ1) is 28.2. The Morgan fingerprint density at radius 3 is 2.51 bits per heavy atom. The largest absolute Gasteiger partial charge is 0.524 e. The molecule has 0 aliphatic heterocycles. The van der Waals surface area contributed by atoms with Crippen LogP contribution in [0.25, 0.3) is 28.0 Å². The zero-order valence-corrected chi connectivity index (χ0v) is 23.5. The Kier molecular flexibility index (Phi) is 7.74. The molecule has 214 valence electrons. The fourth-order valence-electron chi connectivity index (χ4n) is 4.82. The summed E-state index contributed by atoms with van der Waals surface area (Å²) in [4.78, 5) is 31.9. The highest BCUT2D eigenvalue weighted by atomic mass is 31.2. The molecule has 3 aromatic carbocycles. The van der Waals surface area contributed by atoms with Gasteiger partial charge < -0.3 is 23.7 Å². The van der Waals surface area contributed by atoms with Gasteiger partial charge in [0.1, 0.15) is 17.2 Å². The number of rotatable bonds is 10. The van der Waals surface area contributed by atoms with Gasteiger partial charge in [-0.3, -0.25) is 9.79 Å². The summed E-state index contributed by atoms with van der Waals surface area (Å²) in [6.45, 7) is 0.383. The van der Waals surface area contributed by atoms with E-state index in [1.165, 1.54) is 10.6 Å². The predicted octanol–water partition coefficient (Wildman–Crippen LogP) is 3.84. The Labute approximate surface area is 234 Å². The van der Waals surface area contributed by atoms with Crippen LogP contribution in [0.4, 0.5) is 0 Å². The molecule has 0 spiro atoms. The Balaban J connectivity index is 1.56. The van der Waals surface area contributed by atoms with Gasteiger partial charge in [-0.25, -0.2) is 19.0 Å². The molecule has 0 saturated carbocycles. The molecule has 2 aromatic heterocycles. The molecule has 41 heavy (non-hydrogen) atoms. The molecule has 4 N–H and O–H groups in total. The number of aromatic nitrogens is 4. The molecule has 5 aromatic rings. The molecule has 5 rings (SSSR count). The molecule has 0 amide bonds. The van der Waals surface area contributed by atoms with Gasteiger partial charge in [-0.15, -0.1) is 0 Å². The van der Waals surface area contributed by atoms with Crippen molar-refractivity contribution >= 4 is 18.7 Å². The Morgan fingerprint density at radius 1 is 0.976 bits per heavy atom. The fourth-order valence-corrected chi connectivity index (χ4v) is 5.25. The normalized spacial score (nSPS) is 11.7. The molecule has 0 aliphatic rings. The van der Waals surface area contributed by atoms with E-state index in [0.29, 0.717) is 30.0 Å². The van der Waals surface area contributed by atoms with Crippen LogP contribution in [0.3, 0.4) is 0 Å². The maximum absolute atomic E-state index is 12.9. The number of phosphoric ester groups is 1. The first-order valence-corrected chi connectivity index (χ1v) is 14.1. The molecule has 0 fully saturated rings. The second kappa shape index (κ2) is 11.3. The van der Waals surface area contributed by atoms with Crippen molar-refractivity contribution < 1.29 is 33.5 Å². The summed E-state index contributed by atoms with van der Waals surface area (Å²) in [7, 11) is 0.136. The van der Waals surface area contributed by atoms with E-state index < -0.39 is 13.5 Å². The maximum Gasteiger partial charge on any atom is 0.524 e. The lowest BCUT2D eigenvalue weighted by Gasteiger charge is -2.16. The number of nitrogens with zero attached hydrogens (tertiary/aromatic N) is 3. The van der Waals surface area contributed by atoms with Crippen LogP contribution in [0.2, 0.25) is 0 Å². The number of phenolic OH excluding ortho intramolecular Hbond substituents is 1. The highest BCUT2D eigenvalue weighted by Gasteiger charge is 2.23. The summed E-state index contributed by atoms with van der Waals surface area (Å²) >= 11 is 0. The quantitative estimate of drug-likeness (QED) is 0.180. The van der Waals surface area contributed by atoms with E-state index in [2.05, 4.69) is 10.2 Å². The van der Waals surface area contributed by atoms with E-state index in [1.807, 2.05) is 54.2 Å². The molecule has 0 bridgehead atoms. The van der Waals surface area contributed by atoms with E-state index in [4.69, 9.17) is 14.0 Å². The number of benzene rings is 3. The van der Waals surface area contributed by atoms with E-state index >= 15 is 0 Å². The molecule has 0 atom stereocenters. The van der Waals surface area contributed by atoms with Crippen LogP contribution in [-0.2, 0) is 35.8 Å². The molecule has 2 heterocycles. The first-order valence-electron chi connectivity index (χ1n) is 12.6. The fraction of sp³-hybridized carbons (Fsp3) is 0.214. The maximum atomic E-state index is 12.9. The SMILES string of the molecule is COCc1ccc(CCc2cc(-c3n[nH]c(=O)n3-c3ccc4c(ccn4C)c3)c(O)cc2OP(=O)(O)O)cc1OC. The minimum Gasteiger partial charge on any atom is -0.507 e. The lowest BCUT2D eigenvalue weighted by molar-refractivity contribution is 0.181. The number of methoxy groups -OCH3 is 2. The van der Waals surface area contributed by atoms with Gasteiger partial charge in [-0.2, -0.15) is 5.10 Å². The topological polar surface area (TPSA) is 161 Å². The van der Waals surface area contributed by atoms with Gasteiger partial charge in [0.25, 0.3) is 0 Å². The van der Waals surface area contributed by atoms with E-state index in [1.54, 1.807) is 20.3 Å². The monoisotopic (exact) mass is 580 g/mol. The molecule has 0 unspecified atom stereocenters. The zero-order valence-electron chi connectivity index (χ0n) is 22.6. The summed E-state index contributed by atoms with van der Waals surface area (Å²) in [6, 6.07) is 15.7. The zero-order chi connectivity index (χ0) is 29.3. The van der Waals surface area contributed by atoms with Crippen molar-refractivity contribution in [1.82, 2.24) is 19.3 Å².